The van der Waals surface area contributed by atoms with Crippen LogP contribution in [0.3, 0.4) is 0 Å². The predicted molar refractivity (Wildman–Crippen MR) is 85.1 cm³/mol. The molecule has 0 aliphatic heterocycles. The average molecular weight is 255 g/mol. The van der Waals surface area contributed by atoms with Crippen LogP contribution in [0.5, 0.6) is 0 Å². The molecule has 0 N–H and O–H groups in total. The molecule has 0 spiro atoms. The molecule has 0 bridgehead atoms. The first-order valence-electron chi connectivity index (χ1n) is 8.74. The Kier molecular flexibility index (Phi) is 13.4. The zero-order valence-electron chi connectivity index (χ0n) is 13.6. The zero-order valence-corrected chi connectivity index (χ0v) is 13.6. The van der Waals surface area contributed by atoms with Crippen LogP contribution in [-0.4, -0.2) is 0 Å². The molecule has 0 rings (SSSR count). The summed E-state index contributed by atoms with van der Waals surface area (Å²) in [7, 11) is 0. The smallest absolute Gasteiger partial charge is 0.0414 e. The van der Waals surface area contributed by atoms with Crippen LogP contribution >= 0.6 is 0 Å². The van der Waals surface area contributed by atoms with Crippen molar-refractivity contribution in [2.75, 3.05) is 0 Å². The summed E-state index contributed by atoms with van der Waals surface area (Å²) in [6, 6.07) is 0. The van der Waals surface area contributed by atoms with Crippen molar-refractivity contribution in [3.05, 3.63) is 0 Å². The van der Waals surface area contributed by atoms with E-state index in [4.69, 9.17) is 0 Å². The van der Waals surface area contributed by atoms with Crippen LogP contribution in [0.4, 0.5) is 0 Å². The lowest BCUT2D eigenvalue weighted by molar-refractivity contribution is 0.330. The second-order valence-corrected chi connectivity index (χ2v) is 6.31. The number of hydrogen-bond acceptors (Lipinski definition) is 0. The summed E-state index contributed by atoms with van der Waals surface area (Å²) in [5.41, 5.74) is 0. The van der Waals surface area contributed by atoms with Gasteiger partial charge in [0.25, 0.3) is 0 Å². The van der Waals surface area contributed by atoms with Crippen LogP contribution in [0.25, 0.3) is 0 Å². The number of unbranched alkanes of at least 4 members (excludes halogenated alkanes) is 6. The van der Waals surface area contributed by atoms with Crippen molar-refractivity contribution in [2.45, 2.75) is 105 Å². The summed E-state index contributed by atoms with van der Waals surface area (Å²) >= 11 is 0. The van der Waals surface area contributed by atoms with Gasteiger partial charge in [0.05, 0.1) is 0 Å². The van der Waals surface area contributed by atoms with Gasteiger partial charge in [-0.3, -0.25) is 0 Å². The fourth-order valence-corrected chi connectivity index (χ4v) is 2.95. The van der Waals surface area contributed by atoms with E-state index in [-0.39, 0.29) is 0 Å². The van der Waals surface area contributed by atoms with E-state index < -0.39 is 0 Å². The Bertz CT molecular complexity index is 150. The highest BCUT2D eigenvalue weighted by molar-refractivity contribution is 4.63. The highest BCUT2D eigenvalue weighted by Crippen LogP contribution is 2.25. The van der Waals surface area contributed by atoms with Gasteiger partial charge >= 0.3 is 0 Å². The third kappa shape index (κ3) is 11.1. The second kappa shape index (κ2) is 13.4. The van der Waals surface area contributed by atoms with Crippen LogP contribution in [-0.2, 0) is 0 Å². The monoisotopic (exact) mass is 254 g/mol. The largest absolute Gasteiger partial charge is 0.0654 e. The molecule has 0 aromatic rings. The molecule has 0 saturated carbocycles. The van der Waals surface area contributed by atoms with Crippen LogP contribution in [0.2, 0.25) is 0 Å². The Morgan fingerprint density at radius 3 is 1.83 bits per heavy atom. The van der Waals surface area contributed by atoms with Gasteiger partial charge in [0.2, 0.25) is 0 Å². The molecule has 0 amide bonds. The normalized spacial score (nSPS) is 14.7. The lowest BCUT2D eigenvalue weighted by Gasteiger charge is -2.19. The van der Waals surface area contributed by atoms with Crippen molar-refractivity contribution in [3.8, 4) is 0 Å². The summed E-state index contributed by atoms with van der Waals surface area (Å²) in [4.78, 5) is 0. The van der Waals surface area contributed by atoms with Gasteiger partial charge in [0.15, 0.2) is 0 Å². The Morgan fingerprint density at radius 2 is 1.22 bits per heavy atom. The van der Waals surface area contributed by atoms with Crippen LogP contribution < -0.4 is 0 Å². The summed E-state index contributed by atoms with van der Waals surface area (Å²) < 4.78 is 0. The van der Waals surface area contributed by atoms with Crippen molar-refractivity contribution in [1.82, 2.24) is 0 Å². The Balaban J connectivity index is 3.55. The molecule has 0 radical (unpaired) electrons. The Morgan fingerprint density at radius 1 is 0.667 bits per heavy atom. The number of hydrogen-bond donors (Lipinski definition) is 0. The van der Waals surface area contributed by atoms with E-state index >= 15 is 0 Å². The van der Waals surface area contributed by atoms with Crippen molar-refractivity contribution >= 4 is 0 Å². The number of rotatable bonds is 13. The third-order valence-corrected chi connectivity index (χ3v) is 4.33. The van der Waals surface area contributed by atoms with E-state index in [1.165, 1.54) is 77.0 Å². The fourth-order valence-electron chi connectivity index (χ4n) is 2.95. The van der Waals surface area contributed by atoms with Crippen molar-refractivity contribution in [1.29, 1.82) is 0 Å². The maximum absolute atomic E-state index is 2.47. The fraction of sp³-hybridized carbons (Fsp3) is 1.00. The van der Waals surface area contributed by atoms with Gasteiger partial charge in [0.1, 0.15) is 0 Å². The SMILES string of the molecule is CCCCCCCC(CC)CC(C)CCCCC. The standard InChI is InChI=1S/C18H38/c1-5-8-10-11-13-15-18(7-3)16-17(4)14-12-9-6-2/h17-18H,5-16H2,1-4H3. The van der Waals surface area contributed by atoms with Gasteiger partial charge < -0.3 is 0 Å². The zero-order chi connectivity index (χ0) is 13.6. The van der Waals surface area contributed by atoms with Crippen LogP contribution in [0, 0.1) is 11.8 Å². The molecule has 0 nitrogen and oxygen atoms in total. The molecule has 0 aromatic carbocycles. The minimum atomic E-state index is 0.956. The third-order valence-electron chi connectivity index (χ3n) is 4.33. The van der Waals surface area contributed by atoms with Gasteiger partial charge in [-0.15, -0.1) is 0 Å². The molecule has 0 heterocycles. The maximum Gasteiger partial charge on any atom is -0.0414 e. The second-order valence-electron chi connectivity index (χ2n) is 6.31. The van der Waals surface area contributed by atoms with E-state index in [1.54, 1.807) is 0 Å². The summed E-state index contributed by atoms with van der Waals surface area (Å²) in [5.74, 6) is 1.96. The van der Waals surface area contributed by atoms with Gasteiger partial charge in [-0.1, -0.05) is 98.3 Å². The lowest BCUT2D eigenvalue weighted by atomic mass is 9.87. The molecule has 0 aliphatic rings. The van der Waals surface area contributed by atoms with Crippen LogP contribution in [0.1, 0.15) is 105 Å². The molecule has 0 fully saturated rings. The van der Waals surface area contributed by atoms with Gasteiger partial charge in [-0.05, 0) is 18.3 Å². The molecule has 110 valence electrons. The molecule has 0 saturated heterocycles. The van der Waals surface area contributed by atoms with Crippen molar-refractivity contribution < 1.29 is 0 Å². The molecule has 18 heavy (non-hydrogen) atoms. The molecule has 0 aromatic heterocycles. The van der Waals surface area contributed by atoms with Crippen molar-refractivity contribution in [3.63, 3.8) is 0 Å². The predicted octanol–water partition coefficient (Wildman–Crippen LogP) is 6.98. The average Bonchev–Trinajstić information content (AvgIpc) is 2.37. The highest BCUT2D eigenvalue weighted by atomic mass is 14.2. The first kappa shape index (κ1) is 18.0. The van der Waals surface area contributed by atoms with Crippen molar-refractivity contribution in [2.24, 2.45) is 11.8 Å². The van der Waals surface area contributed by atoms with E-state index in [0.717, 1.165) is 11.8 Å². The molecular weight excluding hydrogens is 216 g/mol. The van der Waals surface area contributed by atoms with E-state index in [1.807, 2.05) is 0 Å². The highest BCUT2D eigenvalue weighted by Gasteiger charge is 2.11. The van der Waals surface area contributed by atoms with E-state index in [2.05, 4.69) is 27.7 Å². The molecule has 2 unspecified atom stereocenters. The van der Waals surface area contributed by atoms with Gasteiger partial charge in [-0.2, -0.15) is 0 Å². The van der Waals surface area contributed by atoms with Gasteiger partial charge in [0, 0.05) is 0 Å². The minimum absolute atomic E-state index is 0.956. The topological polar surface area (TPSA) is 0 Å². The molecular formula is C18H38. The molecule has 0 heteroatoms. The van der Waals surface area contributed by atoms with E-state index in [0.29, 0.717) is 0 Å². The summed E-state index contributed by atoms with van der Waals surface area (Å²) in [6.07, 6.45) is 17.3. The Labute approximate surface area is 117 Å². The summed E-state index contributed by atoms with van der Waals surface area (Å²) in [5, 5.41) is 0. The Hall–Kier alpha value is 0. The van der Waals surface area contributed by atoms with Crippen LogP contribution in [0.15, 0.2) is 0 Å². The molecule has 2 atom stereocenters. The van der Waals surface area contributed by atoms with Gasteiger partial charge in [-0.25, -0.2) is 0 Å². The quantitative estimate of drug-likeness (QED) is 0.311. The molecule has 0 aliphatic carbocycles. The lowest BCUT2D eigenvalue weighted by Crippen LogP contribution is -2.06. The first-order valence-corrected chi connectivity index (χ1v) is 8.74. The minimum Gasteiger partial charge on any atom is -0.0654 e. The summed E-state index contributed by atoms with van der Waals surface area (Å²) in [6.45, 7) is 9.45. The first-order chi connectivity index (χ1) is 8.74. The van der Waals surface area contributed by atoms with E-state index in [9.17, 15) is 0 Å². The maximum atomic E-state index is 2.47.